The summed E-state index contributed by atoms with van der Waals surface area (Å²) in [7, 11) is 0. The van der Waals surface area contributed by atoms with Crippen molar-refractivity contribution in [2.24, 2.45) is 5.29 Å². The van der Waals surface area contributed by atoms with E-state index in [0.29, 0.717) is 22.8 Å². The van der Waals surface area contributed by atoms with E-state index in [4.69, 9.17) is 10.5 Å². The molecule has 3 aromatic rings. The number of nitriles is 2. The van der Waals surface area contributed by atoms with Gasteiger partial charge < -0.3 is 5.32 Å². The summed E-state index contributed by atoms with van der Waals surface area (Å²) < 4.78 is 0. The van der Waals surface area contributed by atoms with Crippen LogP contribution in [-0.4, -0.2) is 9.97 Å². The van der Waals surface area contributed by atoms with E-state index < -0.39 is 0 Å². The number of nitroso groups, excluding NO2 is 1. The maximum absolute atomic E-state index is 11.7. The van der Waals surface area contributed by atoms with Gasteiger partial charge in [0.15, 0.2) is 5.82 Å². The average Bonchev–Trinajstić information content (AvgIpc) is 2.75. The van der Waals surface area contributed by atoms with Crippen molar-refractivity contribution in [1.82, 2.24) is 9.97 Å². The maximum atomic E-state index is 11.7. The van der Waals surface area contributed by atoms with Crippen LogP contribution < -0.4 is 10.3 Å². The monoisotopic (exact) mass is 395 g/mol. The molecule has 30 heavy (non-hydrogen) atoms. The van der Waals surface area contributed by atoms with Gasteiger partial charge in [-0.25, -0.2) is 4.98 Å². The SMILES string of the molecule is Cc1cc(/C=C/C#N)cc(C)c1N(N=O)c1ccnc(Nc2ccc(C#N)cc2)n1. The number of benzene rings is 2. The first-order valence-corrected chi connectivity index (χ1v) is 8.96. The van der Waals surface area contributed by atoms with Gasteiger partial charge in [0, 0.05) is 24.0 Å². The molecule has 1 aromatic heterocycles. The van der Waals surface area contributed by atoms with Crippen molar-refractivity contribution in [3.8, 4) is 12.1 Å². The summed E-state index contributed by atoms with van der Waals surface area (Å²) in [5, 5.41) is 25.0. The maximum Gasteiger partial charge on any atom is 0.229 e. The number of aryl methyl sites for hydroxylation is 2. The Kier molecular flexibility index (Phi) is 6.11. The second-order valence-electron chi connectivity index (χ2n) is 6.41. The lowest BCUT2D eigenvalue weighted by Gasteiger charge is -2.20. The van der Waals surface area contributed by atoms with E-state index >= 15 is 0 Å². The zero-order valence-electron chi connectivity index (χ0n) is 16.4. The molecule has 0 unspecified atom stereocenters. The molecule has 0 aliphatic rings. The summed E-state index contributed by atoms with van der Waals surface area (Å²) in [5.41, 5.74) is 4.34. The van der Waals surface area contributed by atoms with Crippen molar-refractivity contribution in [2.75, 3.05) is 10.3 Å². The number of aromatic nitrogens is 2. The predicted molar refractivity (Wildman–Crippen MR) is 115 cm³/mol. The highest BCUT2D eigenvalue weighted by molar-refractivity contribution is 5.70. The standard InChI is InChI=1S/C22H17N7O/c1-15-12-18(4-3-10-23)13-16(2)21(15)29(28-30)20-9-11-25-22(27-20)26-19-7-5-17(14-24)6-8-19/h3-9,11-13H,1-2H3,(H,25,26,27)/b4-3+. The highest BCUT2D eigenvalue weighted by atomic mass is 16.3. The summed E-state index contributed by atoms with van der Waals surface area (Å²) in [4.78, 5) is 20.3. The van der Waals surface area contributed by atoms with Crippen LogP contribution in [0, 0.1) is 41.4 Å². The molecular weight excluding hydrogens is 378 g/mol. The van der Waals surface area contributed by atoms with Crippen LogP contribution in [0.5, 0.6) is 0 Å². The molecule has 0 saturated heterocycles. The van der Waals surface area contributed by atoms with Crippen LogP contribution >= 0.6 is 0 Å². The number of anilines is 4. The van der Waals surface area contributed by atoms with Crippen LogP contribution in [0.4, 0.5) is 23.1 Å². The Balaban J connectivity index is 1.93. The molecule has 1 heterocycles. The van der Waals surface area contributed by atoms with E-state index in [2.05, 4.69) is 26.6 Å². The van der Waals surface area contributed by atoms with Gasteiger partial charge in [-0.1, -0.05) is 0 Å². The van der Waals surface area contributed by atoms with Crippen molar-refractivity contribution in [3.05, 3.63) is 81.9 Å². The Morgan fingerprint density at radius 1 is 1.10 bits per heavy atom. The van der Waals surface area contributed by atoms with Crippen molar-refractivity contribution in [3.63, 3.8) is 0 Å². The van der Waals surface area contributed by atoms with Gasteiger partial charge >= 0.3 is 0 Å². The lowest BCUT2D eigenvalue weighted by Crippen LogP contribution is -2.13. The van der Waals surface area contributed by atoms with Crippen molar-refractivity contribution >= 4 is 29.2 Å². The van der Waals surface area contributed by atoms with Crippen molar-refractivity contribution in [2.45, 2.75) is 13.8 Å². The Bertz CT molecular complexity index is 1160. The summed E-state index contributed by atoms with van der Waals surface area (Å²) in [6.07, 6.45) is 4.63. The normalized spacial score (nSPS) is 10.3. The summed E-state index contributed by atoms with van der Waals surface area (Å²) >= 11 is 0. The number of nitrogens with one attached hydrogen (secondary N) is 1. The number of hydrogen-bond acceptors (Lipinski definition) is 7. The number of nitrogens with zero attached hydrogens (tertiary/aromatic N) is 6. The van der Waals surface area contributed by atoms with E-state index in [-0.39, 0.29) is 5.95 Å². The minimum absolute atomic E-state index is 0.287. The third kappa shape index (κ3) is 4.46. The van der Waals surface area contributed by atoms with E-state index in [1.807, 2.05) is 32.0 Å². The molecule has 0 amide bonds. The van der Waals surface area contributed by atoms with Gasteiger partial charge in [0.05, 0.1) is 28.7 Å². The number of hydrogen-bond donors (Lipinski definition) is 1. The predicted octanol–water partition coefficient (Wildman–Crippen LogP) is 5.07. The van der Waals surface area contributed by atoms with Crippen LogP contribution in [0.1, 0.15) is 22.3 Å². The quantitative estimate of drug-likeness (QED) is 0.352. The highest BCUT2D eigenvalue weighted by Crippen LogP contribution is 2.32. The minimum atomic E-state index is 0.287. The molecule has 0 spiro atoms. The Hall–Kier alpha value is -4.56. The van der Waals surface area contributed by atoms with Gasteiger partial charge in [-0.2, -0.15) is 20.5 Å². The van der Waals surface area contributed by atoms with Gasteiger partial charge in [-0.15, -0.1) is 4.91 Å². The lowest BCUT2D eigenvalue weighted by atomic mass is 10.0. The van der Waals surface area contributed by atoms with Gasteiger partial charge in [-0.05, 0) is 73.0 Å². The lowest BCUT2D eigenvalue weighted by molar-refractivity contribution is 0.992. The van der Waals surface area contributed by atoms with Crippen LogP contribution in [0.3, 0.4) is 0 Å². The summed E-state index contributed by atoms with van der Waals surface area (Å²) in [6.45, 7) is 3.72. The first-order chi connectivity index (χ1) is 14.5. The van der Waals surface area contributed by atoms with E-state index in [1.165, 1.54) is 17.3 Å². The zero-order valence-corrected chi connectivity index (χ0v) is 16.4. The molecule has 0 aliphatic carbocycles. The van der Waals surface area contributed by atoms with Crippen LogP contribution in [0.25, 0.3) is 6.08 Å². The first-order valence-electron chi connectivity index (χ1n) is 8.96. The van der Waals surface area contributed by atoms with Crippen LogP contribution in [0.15, 0.2) is 60.0 Å². The van der Waals surface area contributed by atoms with E-state index in [9.17, 15) is 4.91 Å². The Morgan fingerprint density at radius 3 is 2.40 bits per heavy atom. The van der Waals surface area contributed by atoms with E-state index in [0.717, 1.165) is 16.7 Å². The summed E-state index contributed by atoms with van der Waals surface area (Å²) in [6, 6.07) is 16.2. The molecule has 146 valence electrons. The van der Waals surface area contributed by atoms with Gasteiger partial charge in [0.2, 0.25) is 5.95 Å². The molecule has 0 aliphatic heterocycles. The topological polar surface area (TPSA) is 118 Å². The van der Waals surface area contributed by atoms with Gasteiger partial charge in [0.25, 0.3) is 0 Å². The van der Waals surface area contributed by atoms with Crippen LogP contribution in [0.2, 0.25) is 0 Å². The molecular formula is C22H17N7O. The Morgan fingerprint density at radius 2 is 1.80 bits per heavy atom. The zero-order chi connectivity index (χ0) is 21.5. The van der Waals surface area contributed by atoms with Crippen LogP contribution in [-0.2, 0) is 0 Å². The molecule has 0 atom stereocenters. The minimum Gasteiger partial charge on any atom is -0.324 e. The molecule has 0 bridgehead atoms. The number of rotatable bonds is 6. The smallest absolute Gasteiger partial charge is 0.229 e. The second-order valence-corrected chi connectivity index (χ2v) is 6.41. The molecule has 1 N–H and O–H groups in total. The third-order valence-electron chi connectivity index (χ3n) is 4.29. The first kappa shape index (κ1) is 20.2. The van der Waals surface area contributed by atoms with E-state index in [1.54, 1.807) is 36.4 Å². The highest BCUT2D eigenvalue weighted by Gasteiger charge is 2.18. The molecule has 8 nitrogen and oxygen atoms in total. The Labute approximate surface area is 173 Å². The molecule has 0 fully saturated rings. The largest absolute Gasteiger partial charge is 0.324 e. The van der Waals surface area contributed by atoms with Gasteiger partial charge in [-0.3, -0.25) is 0 Å². The fraction of sp³-hybridized carbons (Fsp3) is 0.0909. The molecule has 2 aromatic carbocycles. The molecule has 0 saturated carbocycles. The second kappa shape index (κ2) is 9.09. The average molecular weight is 395 g/mol. The van der Waals surface area contributed by atoms with Crippen molar-refractivity contribution < 1.29 is 0 Å². The van der Waals surface area contributed by atoms with Crippen molar-refractivity contribution in [1.29, 1.82) is 10.5 Å². The molecule has 8 heteroatoms. The summed E-state index contributed by atoms with van der Waals surface area (Å²) in [5.74, 6) is 0.595. The fourth-order valence-electron chi connectivity index (χ4n) is 3.03. The number of allylic oxidation sites excluding steroid dienone is 1. The molecule has 3 rings (SSSR count). The van der Waals surface area contributed by atoms with Gasteiger partial charge in [0.1, 0.15) is 0 Å². The third-order valence-corrected chi connectivity index (χ3v) is 4.29. The molecule has 0 radical (unpaired) electrons. The fourth-order valence-corrected chi connectivity index (χ4v) is 3.03.